The van der Waals surface area contributed by atoms with Crippen LogP contribution in [0.5, 0.6) is 0 Å². The summed E-state index contributed by atoms with van der Waals surface area (Å²) in [5, 5.41) is 9.67. The summed E-state index contributed by atoms with van der Waals surface area (Å²) >= 11 is 0. The van der Waals surface area contributed by atoms with E-state index in [1.807, 2.05) is 0 Å². The van der Waals surface area contributed by atoms with Crippen molar-refractivity contribution in [1.29, 1.82) is 0 Å². The summed E-state index contributed by atoms with van der Waals surface area (Å²) in [4.78, 5) is 23.0. The van der Waals surface area contributed by atoms with Crippen LogP contribution in [0.1, 0.15) is 59.8 Å². The minimum Gasteiger partial charge on any atom is -0.460 e. The molecular formula is C15H28O5. The van der Waals surface area contributed by atoms with Gasteiger partial charge in [-0.1, -0.05) is 13.3 Å². The number of rotatable bonds is 10. The van der Waals surface area contributed by atoms with Crippen LogP contribution in [-0.4, -0.2) is 41.8 Å². The fourth-order valence-corrected chi connectivity index (χ4v) is 1.54. The number of aliphatic hydroxyl groups excluding tert-OH is 1. The molecule has 0 aromatic heterocycles. The smallest absolute Gasteiger partial charge is 0.313 e. The van der Waals surface area contributed by atoms with Gasteiger partial charge in [0.05, 0.1) is 6.10 Å². The topological polar surface area (TPSA) is 72.8 Å². The van der Waals surface area contributed by atoms with Gasteiger partial charge in [-0.2, -0.15) is 0 Å². The van der Waals surface area contributed by atoms with E-state index in [0.717, 1.165) is 12.8 Å². The first-order chi connectivity index (χ1) is 9.24. The van der Waals surface area contributed by atoms with E-state index in [4.69, 9.17) is 9.47 Å². The van der Waals surface area contributed by atoms with Crippen LogP contribution in [0.3, 0.4) is 0 Å². The fraction of sp³-hybridized carbons (Fsp3) is 0.867. The van der Waals surface area contributed by atoms with Gasteiger partial charge in [0.2, 0.25) is 0 Å². The lowest BCUT2D eigenvalue weighted by atomic mass is 10.1. The number of ether oxygens (including phenoxy) is 2. The summed E-state index contributed by atoms with van der Waals surface area (Å²) in [6.07, 6.45) is 1.39. The van der Waals surface area contributed by atoms with Crippen molar-refractivity contribution in [3.63, 3.8) is 0 Å². The van der Waals surface area contributed by atoms with Gasteiger partial charge in [0.1, 0.15) is 17.8 Å². The third kappa shape index (κ3) is 12.1. The van der Waals surface area contributed by atoms with E-state index < -0.39 is 17.7 Å². The fourth-order valence-electron chi connectivity index (χ4n) is 1.54. The zero-order chi connectivity index (χ0) is 15.6. The van der Waals surface area contributed by atoms with Gasteiger partial charge in [-0.3, -0.25) is 9.59 Å². The molecule has 0 aromatic rings. The molecule has 0 amide bonds. The molecule has 20 heavy (non-hydrogen) atoms. The molecule has 1 atom stereocenters. The van der Waals surface area contributed by atoms with Crippen molar-refractivity contribution in [2.75, 3.05) is 13.2 Å². The van der Waals surface area contributed by atoms with Crippen molar-refractivity contribution in [2.45, 2.75) is 71.5 Å². The van der Waals surface area contributed by atoms with Crippen molar-refractivity contribution in [1.82, 2.24) is 0 Å². The van der Waals surface area contributed by atoms with Crippen molar-refractivity contribution >= 4 is 11.8 Å². The van der Waals surface area contributed by atoms with Crippen LogP contribution in [0.15, 0.2) is 0 Å². The van der Waals surface area contributed by atoms with Gasteiger partial charge >= 0.3 is 5.97 Å². The lowest BCUT2D eigenvalue weighted by Crippen LogP contribution is -2.26. The van der Waals surface area contributed by atoms with E-state index in [1.54, 1.807) is 20.8 Å². The second kappa shape index (κ2) is 9.88. The lowest BCUT2D eigenvalue weighted by Gasteiger charge is -2.19. The highest BCUT2D eigenvalue weighted by atomic mass is 16.6. The van der Waals surface area contributed by atoms with Gasteiger partial charge in [0.15, 0.2) is 0 Å². The van der Waals surface area contributed by atoms with E-state index >= 15 is 0 Å². The van der Waals surface area contributed by atoms with Crippen LogP contribution in [0.4, 0.5) is 0 Å². The highest BCUT2D eigenvalue weighted by molar-refractivity contribution is 5.95. The summed E-state index contributed by atoms with van der Waals surface area (Å²) in [6.45, 7) is 8.43. The average molecular weight is 288 g/mol. The van der Waals surface area contributed by atoms with Crippen molar-refractivity contribution in [2.24, 2.45) is 0 Å². The van der Waals surface area contributed by atoms with Gasteiger partial charge in [-0.05, 0) is 33.6 Å². The van der Waals surface area contributed by atoms with Crippen LogP contribution in [0.2, 0.25) is 0 Å². The zero-order valence-electron chi connectivity index (χ0n) is 13.1. The first-order valence-electron chi connectivity index (χ1n) is 7.24. The quantitative estimate of drug-likeness (QED) is 0.379. The highest BCUT2D eigenvalue weighted by Gasteiger charge is 2.20. The second-order valence-corrected chi connectivity index (χ2v) is 5.91. The van der Waals surface area contributed by atoms with Crippen molar-refractivity contribution < 1.29 is 24.2 Å². The Morgan fingerprint density at radius 2 is 1.85 bits per heavy atom. The molecular weight excluding hydrogens is 260 g/mol. The third-order valence-electron chi connectivity index (χ3n) is 2.46. The lowest BCUT2D eigenvalue weighted by molar-refractivity contribution is -0.156. The Morgan fingerprint density at radius 3 is 2.40 bits per heavy atom. The summed E-state index contributed by atoms with van der Waals surface area (Å²) in [7, 11) is 0. The molecule has 0 rings (SSSR count). The Kier molecular flexibility index (Phi) is 9.42. The summed E-state index contributed by atoms with van der Waals surface area (Å²) in [5.41, 5.74) is -0.594. The molecule has 0 bridgehead atoms. The highest BCUT2D eigenvalue weighted by Crippen LogP contribution is 2.10. The number of carbonyl (C=O) groups is 2. The number of Topliss-reactive ketones (excluding diaryl/α,β-unsaturated/α-hetero) is 1. The van der Waals surface area contributed by atoms with E-state index in [1.165, 1.54) is 0 Å². The van der Waals surface area contributed by atoms with Gasteiger partial charge in [0, 0.05) is 19.6 Å². The number of esters is 1. The maximum absolute atomic E-state index is 11.6. The molecule has 0 spiro atoms. The Morgan fingerprint density at radius 1 is 1.20 bits per heavy atom. The molecule has 0 fully saturated rings. The van der Waals surface area contributed by atoms with E-state index in [9.17, 15) is 14.7 Å². The number of hydrogen-bond donors (Lipinski definition) is 1. The molecule has 0 radical (unpaired) electrons. The van der Waals surface area contributed by atoms with Crippen LogP contribution < -0.4 is 0 Å². The third-order valence-corrected chi connectivity index (χ3v) is 2.46. The van der Waals surface area contributed by atoms with Crippen LogP contribution in [0, 0.1) is 0 Å². The molecule has 0 aromatic carbocycles. The molecule has 0 aliphatic rings. The molecule has 1 N–H and O–H groups in total. The molecule has 0 aliphatic heterocycles. The summed E-state index contributed by atoms with van der Waals surface area (Å²) < 4.78 is 10.4. The van der Waals surface area contributed by atoms with E-state index in [0.29, 0.717) is 19.6 Å². The average Bonchev–Trinajstić information content (AvgIpc) is 2.25. The molecule has 0 unspecified atom stereocenters. The normalized spacial score (nSPS) is 13.1. The number of hydrogen-bond acceptors (Lipinski definition) is 5. The number of ketones is 1. The Hall–Kier alpha value is -0.940. The second-order valence-electron chi connectivity index (χ2n) is 5.91. The standard InChI is InChI=1S/C15H28O5/c1-5-6-8-19-9-7-12(16)10-13(17)11-14(18)20-15(2,3)4/h12,16H,5-11H2,1-4H3/t12-/m1/s1. The van der Waals surface area contributed by atoms with Crippen molar-refractivity contribution in [3.05, 3.63) is 0 Å². The van der Waals surface area contributed by atoms with Gasteiger partial charge < -0.3 is 14.6 Å². The molecule has 5 nitrogen and oxygen atoms in total. The number of unbranched alkanes of at least 4 members (excludes halogenated alkanes) is 1. The monoisotopic (exact) mass is 288 g/mol. The summed E-state index contributed by atoms with van der Waals surface area (Å²) in [5.74, 6) is -0.853. The molecule has 0 saturated heterocycles. The maximum Gasteiger partial charge on any atom is 0.313 e. The Bertz CT molecular complexity index is 293. The first kappa shape index (κ1) is 19.1. The van der Waals surface area contributed by atoms with Crippen molar-refractivity contribution in [3.8, 4) is 0 Å². The molecule has 118 valence electrons. The predicted octanol–water partition coefficient (Wildman–Crippen LogP) is 2.25. The molecule has 0 heterocycles. The molecule has 5 heteroatoms. The first-order valence-corrected chi connectivity index (χ1v) is 7.24. The van der Waals surface area contributed by atoms with E-state index in [2.05, 4.69) is 6.92 Å². The number of aliphatic hydroxyl groups is 1. The number of carbonyl (C=O) groups excluding carboxylic acids is 2. The Labute approximate surface area is 121 Å². The zero-order valence-corrected chi connectivity index (χ0v) is 13.1. The predicted molar refractivity (Wildman–Crippen MR) is 76.4 cm³/mol. The van der Waals surface area contributed by atoms with Crippen LogP contribution >= 0.6 is 0 Å². The maximum atomic E-state index is 11.6. The van der Waals surface area contributed by atoms with Gasteiger partial charge in [0.25, 0.3) is 0 Å². The minimum atomic E-state index is -0.758. The Balaban J connectivity index is 3.76. The van der Waals surface area contributed by atoms with Gasteiger partial charge in [-0.25, -0.2) is 0 Å². The van der Waals surface area contributed by atoms with E-state index in [-0.39, 0.29) is 18.6 Å². The molecule has 0 saturated carbocycles. The SMILES string of the molecule is CCCCOCC[C@@H](O)CC(=O)CC(=O)OC(C)(C)C. The van der Waals surface area contributed by atoms with Gasteiger partial charge in [-0.15, -0.1) is 0 Å². The summed E-state index contributed by atoms with van der Waals surface area (Å²) in [6, 6.07) is 0. The minimum absolute atomic E-state index is 0.0314. The van der Waals surface area contributed by atoms with Crippen LogP contribution in [-0.2, 0) is 19.1 Å². The van der Waals surface area contributed by atoms with Crippen LogP contribution in [0.25, 0.3) is 0 Å². The largest absolute Gasteiger partial charge is 0.460 e. The molecule has 0 aliphatic carbocycles.